The number of hydrogen-bond acceptors (Lipinski definition) is 3. The minimum Gasteiger partial charge on any atom is -0.355 e. The van der Waals surface area contributed by atoms with Crippen molar-refractivity contribution in [3.63, 3.8) is 0 Å². The second kappa shape index (κ2) is 9.15. The van der Waals surface area contributed by atoms with Gasteiger partial charge in [0.1, 0.15) is 0 Å². The molecule has 1 aromatic heterocycles. The first-order valence-corrected chi connectivity index (χ1v) is 6.86. The van der Waals surface area contributed by atoms with Crippen molar-refractivity contribution in [3.8, 4) is 5.69 Å². The van der Waals surface area contributed by atoms with E-state index < -0.39 is 0 Å². The number of hydrogen-bond donors (Lipinski definition) is 2. The Hall–Kier alpha value is -1.85. The van der Waals surface area contributed by atoms with Crippen molar-refractivity contribution in [3.05, 3.63) is 48.3 Å². The van der Waals surface area contributed by atoms with Gasteiger partial charge >= 0.3 is 0 Å². The maximum absolute atomic E-state index is 11.7. The summed E-state index contributed by atoms with van der Waals surface area (Å²) in [4.78, 5) is 11.7. The summed E-state index contributed by atoms with van der Waals surface area (Å²) in [5.74, 6) is 0.0236. The average Bonchev–Trinajstić information content (AvgIpc) is 2.93. The van der Waals surface area contributed by atoms with Gasteiger partial charge in [-0.1, -0.05) is 25.1 Å². The third-order valence-corrected chi connectivity index (χ3v) is 2.90. The highest BCUT2D eigenvalue weighted by Gasteiger charge is 2.06. The van der Waals surface area contributed by atoms with E-state index in [1.54, 1.807) is 10.9 Å². The molecule has 2 rings (SSSR count). The predicted octanol–water partition coefficient (Wildman–Crippen LogP) is 1.56. The van der Waals surface area contributed by atoms with Crippen molar-refractivity contribution in [1.82, 2.24) is 20.4 Å². The van der Waals surface area contributed by atoms with Gasteiger partial charge in [-0.05, 0) is 24.2 Å². The van der Waals surface area contributed by atoms with Crippen LogP contribution in [-0.4, -0.2) is 35.3 Å². The molecule has 0 saturated carbocycles. The summed E-state index contributed by atoms with van der Waals surface area (Å²) < 4.78 is 1.78. The lowest BCUT2D eigenvalue weighted by Crippen LogP contribution is -2.32. The Bertz CT molecular complexity index is 542. The van der Waals surface area contributed by atoms with Crippen LogP contribution in [0.5, 0.6) is 0 Å². The van der Waals surface area contributed by atoms with E-state index >= 15 is 0 Å². The number of nitrogens with zero attached hydrogens (tertiary/aromatic N) is 2. The zero-order valence-electron chi connectivity index (χ0n) is 12.1. The van der Waals surface area contributed by atoms with Crippen LogP contribution in [0.4, 0.5) is 0 Å². The van der Waals surface area contributed by atoms with E-state index in [0.29, 0.717) is 13.0 Å². The van der Waals surface area contributed by atoms with Gasteiger partial charge < -0.3 is 10.6 Å². The first-order valence-electron chi connectivity index (χ1n) is 6.86. The third kappa shape index (κ3) is 5.57. The Morgan fingerprint density at radius 2 is 2.00 bits per heavy atom. The molecule has 2 aromatic rings. The smallest absolute Gasteiger partial charge is 0.224 e. The van der Waals surface area contributed by atoms with Gasteiger partial charge in [0.05, 0.1) is 18.3 Å². The SMILES string of the molecule is CCNCCNC(=O)Cc1cnn(-c2ccccc2)c1.Cl. The molecule has 0 bridgehead atoms. The molecule has 0 saturated heterocycles. The van der Waals surface area contributed by atoms with Gasteiger partial charge in [0.15, 0.2) is 0 Å². The van der Waals surface area contributed by atoms with Crippen molar-refractivity contribution < 1.29 is 4.79 Å². The molecule has 0 spiro atoms. The number of rotatable bonds is 7. The number of carbonyl (C=O) groups is 1. The number of likely N-dealkylation sites (N-methyl/N-ethyl adjacent to an activating group) is 1. The molecule has 1 aromatic carbocycles. The maximum atomic E-state index is 11.7. The second-order valence-electron chi connectivity index (χ2n) is 4.51. The fraction of sp³-hybridized carbons (Fsp3) is 0.333. The summed E-state index contributed by atoms with van der Waals surface area (Å²) in [5.41, 5.74) is 1.90. The van der Waals surface area contributed by atoms with Crippen LogP contribution < -0.4 is 10.6 Å². The minimum atomic E-state index is 0. The summed E-state index contributed by atoms with van der Waals surface area (Å²) >= 11 is 0. The Labute approximate surface area is 131 Å². The normalized spacial score (nSPS) is 9.95. The maximum Gasteiger partial charge on any atom is 0.224 e. The molecule has 0 aliphatic carbocycles. The van der Waals surface area contributed by atoms with Crippen molar-refractivity contribution in [1.29, 1.82) is 0 Å². The monoisotopic (exact) mass is 308 g/mol. The molecule has 0 radical (unpaired) electrons. The van der Waals surface area contributed by atoms with Gasteiger partial charge in [-0.15, -0.1) is 12.4 Å². The molecule has 0 aliphatic heterocycles. The van der Waals surface area contributed by atoms with Crippen LogP contribution in [0.25, 0.3) is 5.69 Å². The Balaban J connectivity index is 0.00000220. The standard InChI is InChI=1S/C15H20N4O.ClH/c1-2-16-8-9-17-15(20)10-13-11-18-19(12-13)14-6-4-3-5-7-14;/h3-7,11-12,16H,2,8-10H2,1H3,(H,17,20);1H. The molecule has 6 heteroatoms. The van der Waals surface area contributed by atoms with Crippen molar-refractivity contribution >= 4 is 18.3 Å². The first-order chi connectivity index (χ1) is 9.79. The van der Waals surface area contributed by atoms with Crippen LogP contribution in [0.3, 0.4) is 0 Å². The topological polar surface area (TPSA) is 58.9 Å². The molecule has 2 N–H and O–H groups in total. The van der Waals surface area contributed by atoms with Gasteiger partial charge in [0.2, 0.25) is 5.91 Å². The lowest BCUT2D eigenvalue weighted by Gasteiger charge is -2.04. The molecule has 0 aliphatic rings. The number of carbonyl (C=O) groups excluding carboxylic acids is 1. The number of benzene rings is 1. The molecule has 114 valence electrons. The Morgan fingerprint density at radius 3 is 2.71 bits per heavy atom. The fourth-order valence-corrected chi connectivity index (χ4v) is 1.89. The summed E-state index contributed by atoms with van der Waals surface area (Å²) in [6.07, 6.45) is 3.98. The Morgan fingerprint density at radius 1 is 1.24 bits per heavy atom. The predicted molar refractivity (Wildman–Crippen MR) is 86.1 cm³/mol. The van der Waals surface area contributed by atoms with E-state index in [-0.39, 0.29) is 18.3 Å². The molecular weight excluding hydrogens is 288 g/mol. The Kier molecular flexibility index (Phi) is 7.50. The van der Waals surface area contributed by atoms with Crippen molar-refractivity contribution in [2.45, 2.75) is 13.3 Å². The molecule has 0 atom stereocenters. The highest BCUT2D eigenvalue weighted by Crippen LogP contribution is 2.07. The number of halogens is 1. The van der Waals surface area contributed by atoms with E-state index in [9.17, 15) is 4.79 Å². The molecule has 1 heterocycles. The van der Waals surface area contributed by atoms with Gasteiger partial charge in [0, 0.05) is 19.3 Å². The van der Waals surface area contributed by atoms with Gasteiger partial charge in [0.25, 0.3) is 0 Å². The summed E-state index contributed by atoms with van der Waals surface area (Å²) in [6.45, 7) is 4.41. The second-order valence-corrected chi connectivity index (χ2v) is 4.51. The molecule has 21 heavy (non-hydrogen) atoms. The summed E-state index contributed by atoms with van der Waals surface area (Å²) in [6, 6.07) is 9.85. The van der Waals surface area contributed by atoms with Crippen molar-refractivity contribution in [2.24, 2.45) is 0 Å². The highest BCUT2D eigenvalue weighted by molar-refractivity contribution is 5.85. The third-order valence-electron chi connectivity index (χ3n) is 2.90. The quantitative estimate of drug-likeness (QED) is 0.763. The van der Waals surface area contributed by atoms with Gasteiger partial charge in [-0.3, -0.25) is 4.79 Å². The number of nitrogens with one attached hydrogen (secondary N) is 2. The van der Waals surface area contributed by atoms with E-state index in [0.717, 1.165) is 24.3 Å². The van der Waals surface area contributed by atoms with Crippen LogP contribution in [0.1, 0.15) is 12.5 Å². The van der Waals surface area contributed by atoms with Crippen LogP contribution in [0, 0.1) is 0 Å². The van der Waals surface area contributed by atoms with Crippen LogP contribution in [-0.2, 0) is 11.2 Å². The van der Waals surface area contributed by atoms with Gasteiger partial charge in [-0.25, -0.2) is 4.68 Å². The molecule has 0 fully saturated rings. The largest absolute Gasteiger partial charge is 0.355 e. The van der Waals surface area contributed by atoms with Gasteiger partial charge in [-0.2, -0.15) is 5.10 Å². The fourth-order valence-electron chi connectivity index (χ4n) is 1.89. The number of aromatic nitrogens is 2. The van der Waals surface area contributed by atoms with Crippen LogP contribution in [0.2, 0.25) is 0 Å². The minimum absolute atomic E-state index is 0. The van der Waals surface area contributed by atoms with Crippen LogP contribution in [0.15, 0.2) is 42.7 Å². The summed E-state index contributed by atoms with van der Waals surface area (Å²) in [5, 5.41) is 10.3. The zero-order chi connectivity index (χ0) is 14.2. The lowest BCUT2D eigenvalue weighted by atomic mass is 10.2. The van der Waals surface area contributed by atoms with E-state index in [1.165, 1.54) is 0 Å². The number of para-hydroxylation sites is 1. The molecule has 0 unspecified atom stereocenters. The zero-order valence-corrected chi connectivity index (χ0v) is 12.9. The number of amides is 1. The highest BCUT2D eigenvalue weighted by atomic mass is 35.5. The molecular formula is C15H21ClN4O. The van der Waals surface area contributed by atoms with Crippen molar-refractivity contribution in [2.75, 3.05) is 19.6 Å². The van der Waals surface area contributed by atoms with E-state index in [4.69, 9.17) is 0 Å². The average molecular weight is 309 g/mol. The van der Waals surface area contributed by atoms with E-state index in [2.05, 4.69) is 15.7 Å². The summed E-state index contributed by atoms with van der Waals surface area (Å²) in [7, 11) is 0. The van der Waals surface area contributed by atoms with Crippen LogP contribution >= 0.6 is 12.4 Å². The van der Waals surface area contributed by atoms with E-state index in [1.807, 2.05) is 43.5 Å². The molecule has 5 nitrogen and oxygen atoms in total. The first kappa shape index (κ1) is 17.2. The lowest BCUT2D eigenvalue weighted by molar-refractivity contribution is -0.120. The molecule has 1 amide bonds.